The summed E-state index contributed by atoms with van der Waals surface area (Å²) >= 11 is 1.91. The van der Waals surface area contributed by atoms with Crippen LogP contribution in [0.25, 0.3) is 10.1 Å². The maximum atomic E-state index is 3.64. The van der Waals surface area contributed by atoms with Gasteiger partial charge in [-0.2, -0.15) is 0 Å². The number of hydrogen-bond acceptors (Lipinski definition) is 3. The molecule has 0 saturated heterocycles. The van der Waals surface area contributed by atoms with Crippen LogP contribution in [0.5, 0.6) is 0 Å². The third-order valence-corrected chi connectivity index (χ3v) is 5.26. The number of thiophene rings is 1. The molecule has 2 aromatic rings. The van der Waals surface area contributed by atoms with Crippen molar-refractivity contribution in [3.05, 3.63) is 35.2 Å². The molecule has 1 N–H and O–H groups in total. The van der Waals surface area contributed by atoms with E-state index in [0.29, 0.717) is 6.04 Å². The van der Waals surface area contributed by atoms with Gasteiger partial charge in [-0.3, -0.25) is 0 Å². The minimum Gasteiger partial charge on any atom is -0.308 e. The monoisotopic (exact) mass is 274 g/mol. The Hall–Kier alpha value is -0.900. The zero-order valence-corrected chi connectivity index (χ0v) is 12.5. The molecule has 0 bridgehead atoms. The fourth-order valence-corrected chi connectivity index (χ4v) is 3.56. The first-order valence-corrected chi connectivity index (χ1v) is 7.98. The lowest BCUT2D eigenvalue weighted by Gasteiger charge is -2.18. The fraction of sp³-hybridized carbons (Fsp3) is 0.500. The molecule has 1 aliphatic rings. The quantitative estimate of drug-likeness (QED) is 0.865. The van der Waals surface area contributed by atoms with E-state index < -0.39 is 0 Å². The van der Waals surface area contributed by atoms with Crippen LogP contribution in [0.2, 0.25) is 0 Å². The van der Waals surface area contributed by atoms with Crippen molar-refractivity contribution in [3.63, 3.8) is 0 Å². The Bertz CT molecular complexity index is 511. The van der Waals surface area contributed by atoms with E-state index in [1.165, 1.54) is 27.8 Å². The van der Waals surface area contributed by atoms with Crippen LogP contribution < -0.4 is 5.32 Å². The number of rotatable bonds is 6. The van der Waals surface area contributed by atoms with Gasteiger partial charge in [0.25, 0.3) is 0 Å². The summed E-state index contributed by atoms with van der Waals surface area (Å²) in [5.41, 5.74) is 0. The predicted molar refractivity (Wildman–Crippen MR) is 83.9 cm³/mol. The molecule has 1 aromatic carbocycles. The second-order valence-corrected chi connectivity index (χ2v) is 6.69. The summed E-state index contributed by atoms with van der Waals surface area (Å²) in [6.07, 6.45) is 2.78. The smallest absolute Gasteiger partial charge is 0.0386 e. The molecule has 1 atom stereocenters. The van der Waals surface area contributed by atoms with Gasteiger partial charge >= 0.3 is 0 Å². The van der Waals surface area contributed by atoms with Gasteiger partial charge in [-0.05, 0) is 44.3 Å². The molecule has 0 amide bonds. The number of nitrogens with one attached hydrogen (secondary N) is 1. The summed E-state index contributed by atoms with van der Waals surface area (Å²) in [6, 6.07) is 12.3. The lowest BCUT2D eigenvalue weighted by Crippen LogP contribution is -2.31. The van der Waals surface area contributed by atoms with Crippen LogP contribution in [0.15, 0.2) is 30.3 Å². The normalized spacial score (nSPS) is 17.2. The SMILES string of the molecule is CC(NCCN(C)C1CC1)c1cc2ccccc2s1. The minimum absolute atomic E-state index is 0.449. The number of likely N-dealkylation sites (N-methyl/N-ethyl adjacent to an activating group) is 1. The van der Waals surface area contributed by atoms with Gasteiger partial charge in [0.1, 0.15) is 0 Å². The molecule has 0 radical (unpaired) electrons. The van der Waals surface area contributed by atoms with Crippen molar-refractivity contribution in [3.8, 4) is 0 Å². The minimum atomic E-state index is 0.449. The molecule has 19 heavy (non-hydrogen) atoms. The zero-order chi connectivity index (χ0) is 13.2. The van der Waals surface area contributed by atoms with Crippen molar-refractivity contribution < 1.29 is 0 Å². The van der Waals surface area contributed by atoms with Gasteiger partial charge in [0.15, 0.2) is 0 Å². The molecule has 1 fully saturated rings. The van der Waals surface area contributed by atoms with Gasteiger partial charge in [-0.25, -0.2) is 0 Å². The Kier molecular flexibility index (Phi) is 3.87. The molecular weight excluding hydrogens is 252 g/mol. The van der Waals surface area contributed by atoms with Crippen molar-refractivity contribution in [1.82, 2.24) is 10.2 Å². The average molecular weight is 274 g/mol. The Labute approximate surface area is 119 Å². The van der Waals surface area contributed by atoms with Crippen LogP contribution in [0.4, 0.5) is 0 Å². The lowest BCUT2D eigenvalue weighted by molar-refractivity contribution is 0.317. The molecule has 1 unspecified atom stereocenters. The van der Waals surface area contributed by atoms with Crippen molar-refractivity contribution >= 4 is 21.4 Å². The van der Waals surface area contributed by atoms with Crippen LogP contribution in [-0.4, -0.2) is 31.1 Å². The van der Waals surface area contributed by atoms with Crippen LogP contribution in [0, 0.1) is 0 Å². The van der Waals surface area contributed by atoms with E-state index in [2.05, 4.69) is 54.5 Å². The van der Waals surface area contributed by atoms with Crippen molar-refractivity contribution in [2.24, 2.45) is 0 Å². The van der Waals surface area contributed by atoms with E-state index in [4.69, 9.17) is 0 Å². The Morgan fingerprint density at radius 2 is 2.16 bits per heavy atom. The number of hydrogen-bond donors (Lipinski definition) is 1. The summed E-state index contributed by atoms with van der Waals surface area (Å²) in [5.74, 6) is 0. The maximum Gasteiger partial charge on any atom is 0.0386 e. The zero-order valence-electron chi connectivity index (χ0n) is 11.7. The molecule has 102 valence electrons. The van der Waals surface area contributed by atoms with Gasteiger partial charge in [0, 0.05) is 34.8 Å². The predicted octanol–water partition coefficient (Wildman–Crippen LogP) is 3.65. The molecule has 0 aliphatic heterocycles. The number of fused-ring (bicyclic) bond motifs is 1. The summed E-state index contributed by atoms with van der Waals surface area (Å²) in [6.45, 7) is 4.49. The second kappa shape index (κ2) is 5.61. The van der Waals surface area contributed by atoms with Gasteiger partial charge in [0.2, 0.25) is 0 Å². The van der Waals surface area contributed by atoms with Crippen LogP contribution in [0.1, 0.15) is 30.7 Å². The van der Waals surface area contributed by atoms with Crippen LogP contribution >= 0.6 is 11.3 Å². The van der Waals surface area contributed by atoms with E-state index in [9.17, 15) is 0 Å². The molecule has 0 spiro atoms. The summed E-state index contributed by atoms with van der Waals surface area (Å²) in [5, 5.41) is 5.01. The highest BCUT2D eigenvalue weighted by Crippen LogP contribution is 2.29. The topological polar surface area (TPSA) is 15.3 Å². The fourth-order valence-electron chi connectivity index (χ4n) is 2.47. The van der Waals surface area contributed by atoms with E-state index in [-0.39, 0.29) is 0 Å². The summed E-state index contributed by atoms with van der Waals surface area (Å²) in [4.78, 5) is 3.92. The third kappa shape index (κ3) is 3.16. The first-order chi connectivity index (χ1) is 9.24. The Balaban J connectivity index is 1.55. The number of benzene rings is 1. The van der Waals surface area contributed by atoms with E-state index in [1.54, 1.807) is 0 Å². The molecule has 1 heterocycles. The first kappa shape index (κ1) is 13.1. The van der Waals surface area contributed by atoms with Crippen molar-refractivity contribution in [2.45, 2.75) is 31.8 Å². The molecular formula is C16H22N2S. The largest absolute Gasteiger partial charge is 0.308 e. The van der Waals surface area contributed by atoms with Gasteiger partial charge in [0.05, 0.1) is 0 Å². The molecule has 1 aliphatic carbocycles. The molecule has 1 aromatic heterocycles. The maximum absolute atomic E-state index is 3.64. The molecule has 1 saturated carbocycles. The summed E-state index contributed by atoms with van der Waals surface area (Å²) in [7, 11) is 2.24. The second-order valence-electron chi connectivity index (χ2n) is 5.57. The Morgan fingerprint density at radius 1 is 1.37 bits per heavy atom. The Morgan fingerprint density at radius 3 is 2.89 bits per heavy atom. The average Bonchev–Trinajstić information content (AvgIpc) is 3.17. The standard InChI is InChI=1S/C16H22N2S/c1-12(17-9-10-18(2)14-7-8-14)16-11-13-5-3-4-6-15(13)19-16/h3-6,11-12,14,17H,7-10H2,1-2H3. The van der Waals surface area contributed by atoms with Crippen molar-refractivity contribution in [1.29, 1.82) is 0 Å². The molecule has 3 heteroatoms. The first-order valence-electron chi connectivity index (χ1n) is 7.16. The highest BCUT2D eigenvalue weighted by atomic mass is 32.1. The van der Waals surface area contributed by atoms with Gasteiger partial charge in [-0.1, -0.05) is 18.2 Å². The van der Waals surface area contributed by atoms with E-state index in [0.717, 1.165) is 19.1 Å². The van der Waals surface area contributed by atoms with Crippen LogP contribution in [-0.2, 0) is 0 Å². The van der Waals surface area contributed by atoms with Gasteiger partial charge < -0.3 is 10.2 Å². The molecule has 2 nitrogen and oxygen atoms in total. The molecule has 3 rings (SSSR count). The lowest BCUT2D eigenvalue weighted by atomic mass is 10.2. The van der Waals surface area contributed by atoms with Crippen LogP contribution in [0.3, 0.4) is 0 Å². The number of nitrogens with zero attached hydrogens (tertiary/aromatic N) is 1. The van der Waals surface area contributed by atoms with E-state index in [1.807, 2.05) is 11.3 Å². The highest BCUT2D eigenvalue weighted by Gasteiger charge is 2.25. The van der Waals surface area contributed by atoms with E-state index >= 15 is 0 Å². The third-order valence-electron chi connectivity index (χ3n) is 3.96. The summed E-state index contributed by atoms with van der Waals surface area (Å²) < 4.78 is 1.39. The van der Waals surface area contributed by atoms with Crippen molar-refractivity contribution in [2.75, 3.05) is 20.1 Å². The van der Waals surface area contributed by atoms with Gasteiger partial charge in [-0.15, -0.1) is 11.3 Å². The highest BCUT2D eigenvalue weighted by molar-refractivity contribution is 7.19.